The maximum absolute atomic E-state index is 12.2. The Morgan fingerprint density at radius 2 is 2.00 bits per heavy atom. The summed E-state index contributed by atoms with van der Waals surface area (Å²) in [6.45, 7) is 5.10. The molecule has 1 amide bonds. The summed E-state index contributed by atoms with van der Waals surface area (Å²) >= 11 is 0. The number of carbonyl (C=O) groups excluding carboxylic acids is 1. The van der Waals surface area contributed by atoms with E-state index in [-0.39, 0.29) is 11.6 Å². The number of hydrogen-bond acceptors (Lipinski definition) is 5. The molecule has 0 aliphatic carbocycles. The summed E-state index contributed by atoms with van der Waals surface area (Å²) < 4.78 is 0. The molecule has 0 saturated carbocycles. The van der Waals surface area contributed by atoms with Gasteiger partial charge in [-0.05, 0) is 36.6 Å². The van der Waals surface area contributed by atoms with Gasteiger partial charge in [0.1, 0.15) is 17.8 Å². The smallest absolute Gasteiger partial charge is 0.274 e. The van der Waals surface area contributed by atoms with E-state index in [1.165, 1.54) is 6.33 Å². The maximum Gasteiger partial charge on any atom is 0.274 e. The van der Waals surface area contributed by atoms with E-state index in [9.17, 15) is 4.79 Å². The van der Waals surface area contributed by atoms with E-state index in [4.69, 9.17) is 5.26 Å². The Balaban J connectivity index is 1.99. The zero-order chi connectivity index (χ0) is 16.7. The van der Waals surface area contributed by atoms with Gasteiger partial charge in [0, 0.05) is 18.3 Å². The van der Waals surface area contributed by atoms with Gasteiger partial charge in [0.25, 0.3) is 5.91 Å². The van der Waals surface area contributed by atoms with Gasteiger partial charge in [0.05, 0.1) is 11.6 Å². The molecule has 23 heavy (non-hydrogen) atoms. The molecule has 0 atom stereocenters. The van der Waals surface area contributed by atoms with Crippen molar-refractivity contribution in [1.29, 1.82) is 5.26 Å². The first kappa shape index (κ1) is 16.4. The molecule has 1 aromatic heterocycles. The molecule has 1 aromatic carbocycles. The second kappa shape index (κ2) is 7.90. The van der Waals surface area contributed by atoms with Gasteiger partial charge in [0.2, 0.25) is 0 Å². The van der Waals surface area contributed by atoms with Crippen LogP contribution < -0.4 is 10.6 Å². The van der Waals surface area contributed by atoms with Gasteiger partial charge in [0.15, 0.2) is 0 Å². The molecule has 0 spiro atoms. The molecule has 6 nitrogen and oxygen atoms in total. The third kappa shape index (κ3) is 5.08. The number of amides is 1. The lowest BCUT2D eigenvalue weighted by atomic mass is 10.1. The predicted molar refractivity (Wildman–Crippen MR) is 89.1 cm³/mol. The van der Waals surface area contributed by atoms with Crippen LogP contribution in [0.15, 0.2) is 36.7 Å². The molecule has 0 bridgehead atoms. The molecule has 0 aliphatic heterocycles. The van der Waals surface area contributed by atoms with Crippen molar-refractivity contribution in [3.8, 4) is 6.07 Å². The molecule has 0 unspecified atom stereocenters. The van der Waals surface area contributed by atoms with E-state index >= 15 is 0 Å². The van der Waals surface area contributed by atoms with Crippen LogP contribution in [0.2, 0.25) is 0 Å². The molecular formula is C17H19N5O. The molecule has 0 saturated heterocycles. The van der Waals surface area contributed by atoms with E-state index in [2.05, 4.69) is 34.4 Å². The molecule has 6 heteroatoms. The monoisotopic (exact) mass is 309 g/mol. The lowest BCUT2D eigenvalue weighted by Crippen LogP contribution is -2.15. The normalized spacial score (nSPS) is 10.2. The molecule has 2 aromatic rings. The largest absolute Gasteiger partial charge is 0.370 e. The van der Waals surface area contributed by atoms with Gasteiger partial charge >= 0.3 is 0 Å². The summed E-state index contributed by atoms with van der Waals surface area (Å²) in [5.41, 5.74) is 1.44. The summed E-state index contributed by atoms with van der Waals surface area (Å²) in [6, 6.07) is 10.3. The van der Waals surface area contributed by atoms with Crippen molar-refractivity contribution in [2.75, 3.05) is 17.2 Å². The lowest BCUT2D eigenvalue weighted by molar-refractivity contribution is 0.102. The molecule has 2 rings (SSSR count). The van der Waals surface area contributed by atoms with Gasteiger partial charge in [-0.1, -0.05) is 13.8 Å². The first-order valence-electron chi connectivity index (χ1n) is 7.46. The van der Waals surface area contributed by atoms with Crippen LogP contribution in [0, 0.1) is 17.2 Å². The van der Waals surface area contributed by atoms with Crippen molar-refractivity contribution in [1.82, 2.24) is 9.97 Å². The van der Waals surface area contributed by atoms with Gasteiger partial charge in [-0.25, -0.2) is 9.97 Å². The number of nitrogens with zero attached hydrogens (tertiary/aromatic N) is 3. The van der Waals surface area contributed by atoms with E-state index in [0.717, 1.165) is 13.0 Å². The Kier molecular flexibility index (Phi) is 5.64. The highest BCUT2D eigenvalue weighted by atomic mass is 16.1. The van der Waals surface area contributed by atoms with Crippen LogP contribution in [0.5, 0.6) is 0 Å². The first-order valence-corrected chi connectivity index (χ1v) is 7.46. The molecule has 0 aliphatic rings. The molecule has 1 heterocycles. The van der Waals surface area contributed by atoms with Gasteiger partial charge in [-0.3, -0.25) is 4.79 Å². The van der Waals surface area contributed by atoms with E-state index in [1.807, 2.05) is 6.07 Å². The summed E-state index contributed by atoms with van der Waals surface area (Å²) in [5, 5.41) is 14.7. The van der Waals surface area contributed by atoms with Crippen molar-refractivity contribution in [3.05, 3.63) is 47.9 Å². The number of nitriles is 1. The van der Waals surface area contributed by atoms with Crippen LogP contribution in [0.4, 0.5) is 11.5 Å². The summed E-state index contributed by atoms with van der Waals surface area (Å²) in [6.07, 6.45) is 2.39. The second-order valence-electron chi connectivity index (χ2n) is 5.54. The fourth-order valence-electron chi connectivity index (χ4n) is 1.89. The van der Waals surface area contributed by atoms with Gasteiger partial charge < -0.3 is 10.6 Å². The fraction of sp³-hybridized carbons (Fsp3) is 0.294. The average Bonchev–Trinajstić information content (AvgIpc) is 2.55. The second-order valence-corrected chi connectivity index (χ2v) is 5.54. The number of carbonyl (C=O) groups is 1. The number of aromatic nitrogens is 2. The number of benzene rings is 1. The quantitative estimate of drug-likeness (QED) is 0.855. The fourth-order valence-corrected chi connectivity index (χ4v) is 1.89. The van der Waals surface area contributed by atoms with Crippen LogP contribution in [0.1, 0.15) is 36.3 Å². The van der Waals surface area contributed by atoms with Gasteiger partial charge in [-0.2, -0.15) is 5.26 Å². The molecule has 2 N–H and O–H groups in total. The zero-order valence-electron chi connectivity index (χ0n) is 13.2. The molecule has 0 radical (unpaired) electrons. The van der Waals surface area contributed by atoms with Crippen molar-refractivity contribution >= 4 is 17.4 Å². The number of rotatable bonds is 6. The Bertz CT molecular complexity index is 704. The summed E-state index contributed by atoms with van der Waals surface area (Å²) in [7, 11) is 0. The number of anilines is 2. The van der Waals surface area contributed by atoms with Crippen LogP contribution >= 0.6 is 0 Å². The lowest BCUT2D eigenvalue weighted by Gasteiger charge is -2.09. The molecular weight excluding hydrogens is 290 g/mol. The molecule has 118 valence electrons. The highest BCUT2D eigenvalue weighted by molar-refractivity contribution is 6.03. The van der Waals surface area contributed by atoms with Gasteiger partial charge in [-0.15, -0.1) is 0 Å². The summed E-state index contributed by atoms with van der Waals surface area (Å²) in [4.78, 5) is 20.3. The maximum atomic E-state index is 12.2. The van der Waals surface area contributed by atoms with Crippen molar-refractivity contribution < 1.29 is 4.79 Å². The third-order valence-corrected chi connectivity index (χ3v) is 3.20. The highest BCUT2D eigenvalue weighted by Gasteiger charge is 2.09. The van der Waals surface area contributed by atoms with Crippen molar-refractivity contribution in [2.24, 2.45) is 5.92 Å². The predicted octanol–water partition coefficient (Wildman–Crippen LogP) is 3.06. The van der Waals surface area contributed by atoms with E-state index in [0.29, 0.717) is 23.0 Å². The number of hydrogen-bond donors (Lipinski definition) is 2. The zero-order valence-corrected chi connectivity index (χ0v) is 13.2. The first-order chi connectivity index (χ1) is 11.1. The average molecular weight is 309 g/mol. The van der Waals surface area contributed by atoms with E-state index < -0.39 is 0 Å². The topological polar surface area (TPSA) is 90.7 Å². The minimum absolute atomic E-state index is 0.288. The highest BCUT2D eigenvalue weighted by Crippen LogP contribution is 2.11. The summed E-state index contributed by atoms with van der Waals surface area (Å²) in [5.74, 6) is 0.915. The Morgan fingerprint density at radius 3 is 2.65 bits per heavy atom. The number of nitrogens with one attached hydrogen (secondary N) is 2. The minimum atomic E-state index is -0.316. The Hall–Kier alpha value is -2.94. The Morgan fingerprint density at radius 1 is 1.26 bits per heavy atom. The molecule has 0 fully saturated rings. The minimum Gasteiger partial charge on any atom is -0.370 e. The standard InChI is InChI=1S/C17H19N5O/c1-12(2)7-8-19-16-9-15(20-11-21-16)17(23)22-14-5-3-13(10-18)4-6-14/h3-6,9,11-12H,7-8H2,1-2H3,(H,22,23)(H,19,20,21). The van der Waals surface area contributed by atoms with Crippen LogP contribution in [0.3, 0.4) is 0 Å². The van der Waals surface area contributed by atoms with E-state index in [1.54, 1.807) is 30.3 Å². The van der Waals surface area contributed by atoms with Crippen molar-refractivity contribution in [3.63, 3.8) is 0 Å². The van der Waals surface area contributed by atoms with Crippen molar-refractivity contribution in [2.45, 2.75) is 20.3 Å². The Labute approximate surface area is 135 Å². The van der Waals surface area contributed by atoms with Crippen LogP contribution in [-0.4, -0.2) is 22.4 Å². The third-order valence-electron chi connectivity index (χ3n) is 3.20. The van der Waals surface area contributed by atoms with Crippen LogP contribution in [-0.2, 0) is 0 Å². The van der Waals surface area contributed by atoms with Crippen LogP contribution in [0.25, 0.3) is 0 Å². The SMILES string of the molecule is CC(C)CCNc1cc(C(=O)Nc2ccc(C#N)cc2)ncn1.